The number of carbonyl (C=O) groups excluding carboxylic acids is 2. The van der Waals surface area contributed by atoms with Gasteiger partial charge in [-0.2, -0.15) is 0 Å². The van der Waals surface area contributed by atoms with Crippen molar-refractivity contribution in [3.05, 3.63) is 77.4 Å². The highest BCUT2D eigenvalue weighted by atomic mass is 16.5. The fourth-order valence-corrected chi connectivity index (χ4v) is 3.57. The van der Waals surface area contributed by atoms with E-state index in [9.17, 15) is 9.59 Å². The number of carbonyl (C=O) groups is 2. The van der Waals surface area contributed by atoms with Crippen LogP contribution in [0.3, 0.4) is 0 Å². The van der Waals surface area contributed by atoms with E-state index in [-0.39, 0.29) is 18.3 Å². The molecule has 0 unspecified atom stereocenters. The van der Waals surface area contributed by atoms with E-state index in [1.54, 1.807) is 18.2 Å². The van der Waals surface area contributed by atoms with Crippen molar-refractivity contribution >= 4 is 17.4 Å². The van der Waals surface area contributed by atoms with E-state index in [1.807, 2.05) is 30.3 Å². The number of methoxy groups -OCH3 is 1. The number of nitrogens with one attached hydrogen (secondary N) is 1. The van der Waals surface area contributed by atoms with Gasteiger partial charge >= 0.3 is 0 Å². The molecule has 5 nitrogen and oxygen atoms in total. The summed E-state index contributed by atoms with van der Waals surface area (Å²) in [4.78, 5) is 23.8. The molecule has 3 aromatic carbocycles. The predicted octanol–water partition coefficient (Wildman–Crippen LogP) is 4.49. The maximum Gasteiger partial charge on any atom is 0.262 e. The Hall–Kier alpha value is -3.60. The lowest BCUT2D eigenvalue weighted by Gasteiger charge is -2.12. The molecular formula is C24H21NO4. The van der Waals surface area contributed by atoms with Gasteiger partial charge in [0, 0.05) is 11.3 Å². The van der Waals surface area contributed by atoms with Crippen LogP contribution in [0.4, 0.5) is 5.69 Å². The summed E-state index contributed by atoms with van der Waals surface area (Å²) in [5, 5.41) is 2.88. The van der Waals surface area contributed by atoms with Gasteiger partial charge in [-0.15, -0.1) is 0 Å². The largest absolute Gasteiger partial charge is 0.493 e. The van der Waals surface area contributed by atoms with E-state index in [0.29, 0.717) is 17.1 Å². The number of ketones is 1. The van der Waals surface area contributed by atoms with Crippen LogP contribution in [0.1, 0.15) is 28.4 Å². The van der Waals surface area contributed by atoms with Gasteiger partial charge in [0.1, 0.15) is 0 Å². The molecule has 5 heteroatoms. The average Bonchev–Trinajstić information content (AvgIpc) is 3.09. The Bertz CT molecular complexity index is 1100. The molecule has 0 aromatic heterocycles. The quantitative estimate of drug-likeness (QED) is 0.495. The molecule has 29 heavy (non-hydrogen) atoms. The van der Waals surface area contributed by atoms with E-state index in [4.69, 9.17) is 9.47 Å². The minimum Gasteiger partial charge on any atom is -0.493 e. The second kappa shape index (κ2) is 7.80. The molecule has 0 aliphatic heterocycles. The first-order valence-corrected chi connectivity index (χ1v) is 9.38. The number of benzene rings is 3. The van der Waals surface area contributed by atoms with Crippen molar-refractivity contribution in [3.8, 4) is 22.6 Å². The number of Topliss-reactive ketones (excluding diaryl/α,β-unsaturated/α-hetero) is 1. The van der Waals surface area contributed by atoms with Crippen LogP contribution < -0.4 is 14.8 Å². The van der Waals surface area contributed by atoms with Gasteiger partial charge in [0.15, 0.2) is 23.9 Å². The van der Waals surface area contributed by atoms with Crippen LogP contribution in [0.25, 0.3) is 11.1 Å². The minimum absolute atomic E-state index is 0.0636. The van der Waals surface area contributed by atoms with E-state index < -0.39 is 0 Å². The fraction of sp³-hybridized carbons (Fsp3) is 0.167. The molecule has 1 N–H and O–H groups in total. The topological polar surface area (TPSA) is 64.6 Å². The maximum absolute atomic E-state index is 12.3. The van der Waals surface area contributed by atoms with E-state index >= 15 is 0 Å². The first-order chi connectivity index (χ1) is 14.0. The molecule has 3 aromatic rings. The minimum atomic E-state index is -0.266. The monoisotopic (exact) mass is 387 g/mol. The molecule has 0 fully saturated rings. The van der Waals surface area contributed by atoms with E-state index in [0.717, 1.165) is 12.1 Å². The van der Waals surface area contributed by atoms with Crippen molar-refractivity contribution in [2.24, 2.45) is 0 Å². The van der Waals surface area contributed by atoms with Gasteiger partial charge in [-0.1, -0.05) is 30.3 Å². The zero-order valence-corrected chi connectivity index (χ0v) is 16.3. The second-order valence-corrected chi connectivity index (χ2v) is 6.96. The van der Waals surface area contributed by atoms with Crippen LogP contribution in [0, 0.1) is 0 Å². The number of ether oxygens (including phenoxy) is 2. The van der Waals surface area contributed by atoms with Crippen molar-refractivity contribution in [1.29, 1.82) is 0 Å². The van der Waals surface area contributed by atoms with Gasteiger partial charge in [0.2, 0.25) is 0 Å². The molecule has 0 atom stereocenters. The number of amides is 1. The molecule has 146 valence electrons. The summed E-state index contributed by atoms with van der Waals surface area (Å²) in [6, 6.07) is 19.2. The van der Waals surface area contributed by atoms with Gasteiger partial charge in [-0.25, -0.2) is 0 Å². The average molecular weight is 387 g/mol. The van der Waals surface area contributed by atoms with E-state index in [1.165, 1.54) is 36.3 Å². The number of rotatable bonds is 6. The van der Waals surface area contributed by atoms with Crippen molar-refractivity contribution < 1.29 is 19.1 Å². The summed E-state index contributed by atoms with van der Waals surface area (Å²) in [5.41, 5.74) is 6.23. The summed E-state index contributed by atoms with van der Waals surface area (Å²) in [7, 11) is 1.49. The Morgan fingerprint density at radius 1 is 0.931 bits per heavy atom. The van der Waals surface area contributed by atoms with Crippen LogP contribution in [-0.4, -0.2) is 25.4 Å². The highest BCUT2D eigenvalue weighted by molar-refractivity contribution is 5.95. The van der Waals surface area contributed by atoms with Gasteiger partial charge < -0.3 is 14.8 Å². The van der Waals surface area contributed by atoms with Gasteiger partial charge in [-0.3, -0.25) is 9.59 Å². The Morgan fingerprint density at radius 2 is 1.72 bits per heavy atom. The molecule has 0 saturated heterocycles. The number of anilines is 1. The van der Waals surface area contributed by atoms with E-state index in [2.05, 4.69) is 17.4 Å². The Morgan fingerprint density at radius 3 is 2.52 bits per heavy atom. The van der Waals surface area contributed by atoms with Crippen LogP contribution in [0.5, 0.6) is 11.5 Å². The Balaban J connectivity index is 1.41. The van der Waals surface area contributed by atoms with Crippen LogP contribution in [-0.2, 0) is 11.2 Å². The lowest BCUT2D eigenvalue weighted by molar-refractivity contribution is -0.118. The third-order valence-electron chi connectivity index (χ3n) is 5.01. The normalized spacial score (nSPS) is 11.4. The van der Waals surface area contributed by atoms with Crippen molar-refractivity contribution in [2.75, 3.05) is 19.0 Å². The van der Waals surface area contributed by atoms with Crippen molar-refractivity contribution in [2.45, 2.75) is 13.3 Å². The molecule has 0 heterocycles. The maximum atomic E-state index is 12.3. The molecule has 1 aliphatic rings. The van der Waals surface area contributed by atoms with Crippen molar-refractivity contribution in [3.63, 3.8) is 0 Å². The molecule has 1 aliphatic carbocycles. The Labute approximate surface area is 169 Å². The van der Waals surface area contributed by atoms with Crippen LogP contribution >= 0.6 is 0 Å². The summed E-state index contributed by atoms with van der Waals surface area (Å²) in [5.74, 6) is 0.502. The Kier molecular flexibility index (Phi) is 5.04. The molecule has 1 amide bonds. The summed E-state index contributed by atoms with van der Waals surface area (Å²) in [6.45, 7) is 1.32. The second-order valence-electron chi connectivity index (χ2n) is 6.96. The SMILES string of the molecule is COc1cc(C(C)=O)ccc1OCC(=O)Nc1ccc2c(c1)Cc1ccccc1-2. The highest BCUT2D eigenvalue weighted by Gasteiger charge is 2.18. The lowest BCUT2D eigenvalue weighted by Crippen LogP contribution is -2.20. The standard InChI is InChI=1S/C24H21NO4/c1-15(26)16-7-10-22(23(13-16)28-2)29-14-24(27)25-19-8-9-21-18(12-19)11-17-5-3-4-6-20(17)21/h3-10,12-13H,11,14H2,1-2H3,(H,25,27). The number of hydrogen-bond acceptors (Lipinski definition) is 4. The molecule has 4 rings (SSSR count). The third kappa shape index (κ3) is 3.85. The first kappa shape index (κ1) is 18.7. The summed E-state index contributed by atoms with van der Waals surface area (Å²) >= 11 is 0. The van der Waals surface area contributed by atoms with Gasteiger partial charge in [0.05, 0.1) is 7.11 Å². The smallest absolute Gasteiger partial charge is 0.262 e. The zero-order valence-electron chi connectivity index (χ0n) is 16.3. The fourth-order valence-electron chi connectivity index (χ4n) is 3.57. The van der Waals surface area contributed by atoms with Gasteiger partial charge in [-0.05, 0) is 65.9 Å². The summed E-state index contributed by atoms with van der Waals surface area (Å²) < 4.78 is 10.9. The third-order valence-corrected chi connectivity index (χ3v) is 5.01. The number of fused-ring (bicyclic) bond motifs is 3. The van der Waals surface area contributed by atoms with Crippen molar-refractivity contribution in [1.82, 2.24) is 0 Å². The molecule has 0 saturated carbocycles. The van der Waals surface area contributed by atoms with Crippen LogP contribution in [0.15, 0.2) is 60.7 Å². The molecule has 0 spiro atoms. The molecule has 0 bridgehead atoms. The molecule has 0 radical (unpaired) electrons. The van der Waals surface area contributed by atoms with Crippen LogP contribution in [0.2, 0.25) is 0 Å². The predicted molar refractivity (Wildman–Crippen MR) is 112 cm³/mol. The summed E-state index contributed by atoms with van der Waals surface area (Å²) in [6.07, 6.45) is 0.866. The zero-order chi connectivity index (χ0) is 20.4. The highest BCUT2D eigenvalue weighted by Crippen LogP contribution is 2.37. The van der Waals surface area contributed by atoms with Gasteiger partial charge in [0.25, 0.3) is 5.91 Å². The number of hydrogen-bond donors (Lipinski definition) is 1. The molecular weight excluding hydrogens is 366 g/mol. The first-order valence-electron chi connectivity index (χ1n) is 9.38. The lowest BCUT2D eigenvalue weighted by atomic mass is 10.1.